The van der Waals surface area contributed by atoms with E-state index < -0.39 is 16.1 Å². The van der Waals surface area contributed by atoms with E-state index in [1.54, 1.807) is 12.1 Å². The Hall–Kier alpha value is -2.58. The SMILES string of the molecule is O=C1NC(=O)C(=Cc2ccc(-c3ccc(Cl)cc3[N+](=O)[O-])o2)S1. The lowest BCUT2D eigenvalue weighted by molar-refractivity contribution is -0.384. The summed E-state index contributed by atoms with van der Waals surface area (Å²) in [6, 6.07) is 7.33. The summed E-state index contributed by atoms with van der Waals surface area (Å²) in [5.74, 6) is 0.0574. The third kappa shape index (κ3) is 3.13. The molecule has 116 valence electrons. The molecule has 0 spiro atoms. The fourth-order valence-electron chi connectivity index (χ4n) is 1.99. The zero-order chi connectivity index (χ0) is 16.6. The summed E-state index contributed by atoms with van der Waals surface area (Å²) in [5, 5.41) is 13.0. The summed E-state index contributed by atoms with van der Waals surface area (Å²) in [7, 11) is 0. The number of nitrogens with zero attached hydrogens (tertiary/aromatic N) is 1. The molecule has 23 heavy (non-hydrogen) atoms. The molecule has 1 aromatic heterocycles. The van der Waals surface area contributed by atoms with Crippen LogP contribution < -0.4 is 5.32 Å². The fraction of sp³-hybridized carbons (Fsp3) is 0. The minimum atomic E-state index is -0.555. The monoisotopic (exact) mass is 350 g/mol. The van der Waals surface area contributed by atoms with Gasteiger partial charge in [0.05, 0.1) is 15.4 Å². The van der Waals surface area contributed by atoms with E-state index in [0.717, 1.165) is 11.8 Å². The first-order valence-electron chi connectivity index (χ1n) is 6.23. The van der Waals surface area contributed by atoms with Crippen molar-refractivity contribution in [3.8, 4) is 11.3 Å². The standard InChI is InChI=1S/C14H7ClN2O5S/c15-7-1-3-9(10(5-7)17(20)21)11-4-2-8(22-11)6-12-13(18)16-14(19)23-12/h1-6H,(H,16,18,19). The average molecular weight is 351 g/mol. The number of furan rings is 1. The zero-order valence-electron chi connectivity index (χ0n) is 11.2. The number of hydrogen-bond donors (Lipinski definition) is 1. The lowest BCUT2D eigenvalue weighted by Gasteiger charge is -2.00. The van der Waals surface area contributed by atoms with Gasteiger partial charge in [-0.3, -0.25) is 25.0 Å². The Balaban J connectivity index is 1.97. The van der Waals surface area contributed by atoms with Gasteiger partial charge in [0.1, 0.15) is 11.5 Å². The molecule has 1 fully saturated rings. The van der Waals surface area contributed by atoms with Crippen molar-refractivity contribution < 1.29 is 18.9 Å². The van der Waals surface area contributed by atoms with E-state index in [-0.39, 0.29) is 26.9 Å². The van der Waals surface area contributed by atoms with Crippen LogP contribution in [0.15, 0.2) is 39.7 Å². The van der Waals surface area contributed by atoms with Gasteiger partial charge >= 0.3 is 0 Å². The van der Waals surface area contributed by atoms with Gasteiger partial charge in [0, 0.05) is 17.2 Å². The summed E-state index contributed by atoms with van der Waals surface area (Å²) in [5.41, 5.74) is 0.0814. The Bertz CT molecular complexity index is 874. The number of thioether (sulfide) groups is 1. The summed E-state index contributed by atoms with van der Waals surface area (Å²) >= 11 is 6.53. The molecule has 0 aliphatic carbocycles. The van der Waals surface area contributed by atoms with Gasteiger partial charge in [0.15, 0.2) is 0 Å². The average Bonchev–Trinajstić information content (AvgIpc) is 3.06. The van der Waals surface area contributed by atoms with Crippen LogP contribution in [0.1, 0.15) is 5.76 Å². The summed E-state index contributed by atoms with van der Waals surface area (Å²) in [4.78, 5) is 33.3. The molecule has 1 N–H and O–H groups in total. The fourth-order valence-corrected chi connectivity index (χ4v) is 2.82. The van der Waals surface area contributed by atoms with Gasteiger partial charge in [0.25, 0.3) is 16.8 Å². The molecule has 1 aromatic carbocycles. The lowest BCUT2D eigenvalue weighted by Crippen LogP contribution is -2.17. The van der Waals surface area contributed by atoms with Crippen molar-refractivity contribution in [2.75, 3.05) is 0 Å². The number of carbonyl (C=O) groups excluding carboxylic acids is 2. The molecule has 0 bridgehead atoms. The first-order chi connectivity index (χ1) is 10.9. The van der Waals surface area contributed by atoms with Crippen LogP contribution in [0.4, 0.5) is 10.5 Å². The molecule has 0 unspecified atom stereocenters. The van der Waals surface area contributed by atoms with E-state index in [4.69, 9.17) is 16.0 Å². The van der Waals surface area contributed by atoms with Gasteiger partial charge in [0.2, 0.25) is 0 Å². The van der Waals surface area contributed by atoms with E-state index in [9.17, 15) is 19.7 Å². The van der Waals surface area contributed by atoms with Crippen LogP contribution in [-0.2, 0) is 4.79 Å². The molecule has 2 amide bonds. The number of nitro benzene ring substituents is 1. The Morgan fingerprint density at radius 1 is 1.26 bits per heavy atom. The Morgan fingerprint density at radius 2 is 2.04 bits per heavy atom. The van der Waals surface area contributed by atoms with Gasteiger partial charge in [-0.2, -0.15) is 0 Å². The topological polar surface area (TPSA) is 102 Å². The quantitative estimate of drug-likeness (QED) is 0.512. The smallest absolute Gasteiger partial charge is 0.290 e. The summed E-state index contributed by atoms with van der Waals surface area (Å²) in [6.07, 6.45) is 1.40. The highest BCUT2D eigenvalue weighted by Gasteiger charge is 2.25. The van der Waals surface area contributed by atoms with Crippen molar-refractivity contribution in [2.45, 2.75) is 0 Å². The Kier molecular flexibility index (Phi) is 3.93. The molecular weight excluding hydrogens is 344 g/mol. The van der Waals surface area contributed by atoms with Crippen LogP contribution in [0.3, 0.4) is 0 Å². The molecule has 0 atom stereocenters. The number of benzene rings is 1. The Labute approximate surface area is 138 Å². The number of nitrogens with one attached hydrogen (secondary N) is 1. The highest BCUT2D eigenvalue weighted by Crippen LogP contribution is 2.34. The normalized spacial score (nSPS) is 16.0. The highest BCUT2D eigenvalue weighted by atomic mass is 35.5. The molecule has 7 nitrogen and oxygen atoms in total. The third-order valence-corrected chi connectivity index (χ3v) is 4.01. The maximum Gasteiger partial charge on any atom is 0.290 e. The molecule has 9 heteroatoms. The van der Waals surface area contributed by atoms with Gasteiger partial charge in [-0.05, 0) is 36.0 Å². The first kappa shape index (κ1) is 15.3. The molecule has 1 aliphatic rings. The molecule has 0 radical (unpaired) electrons. The summed E-state index contributed by atoms with van der Waals surface area (Å²) < 4.78 is 5.52. The molecule has 0 saturated carbocycles. The van der Waals surface area contributed by atoms with E-state index >= 15 is 0 Å². The predicted octanol–water partition coefficient (Wildman–Crippen LogP) is 3.83. The number of halogens is 1. The minimum absolute atomic E-state index is 0.186. The number of carbonyl (C=O) groups is 2. The van der Waals surface area contributed by atoms with Crippen molar-refractivity contribution in [1.29, 1.82) is 0 Å². The van der Waals surface area contributed by atoms with Crippen molar-refractivity contribution in [3.63, 3.8) is 0 Å². The largest absolute Gasteiger partial charge is 0.456 e. The maximum absolute atomic E-state index is 11.5. The van der Waals surface area contributed by atoms with Crippen LogP contribution in [-0.4, -0.2) is 16.1 Å². The lowest BCUT2D eigenvalue weighted by atomic mass is 10.1. The third-order valence-electron chi connectivity index (χ3n) is 2.96. The Morgan fingerprint density at radius 3 is 2.70 bits per heavy atom. The van der Waals surface area contributed by atoms with Gasteiger partial charge in [-0.15, -0.1) is 0 Å². The van der Waals surface area contributed by atoms with Crippen LogP contribution in [0.5, 0.6) is 0 Å². The molecule has 1 aliphatic heterocycles. The van der Waals surface area contributed by atoms with Gasteiger partial charge in [-0.25, -0.2) is 0 Å². The van der Waals surface area contributed by atoms with Gasteiger partial charge < -0.3 is 4.42 Å². The predicted molar refractivity (Wildman–Crippen MR) is 84.9 cm³/mol. The second-order valence-electron chi connectivity index (χ2n) is 4.47. The van der Waals surface area contributed by atoms with E-state index in [0.29, 0.717) is 5.76 Å². The van der Waals surface area contributed by atoms with Crippen molar-refractivity contribution in [3.05, 3.63) is 56.1 Å². The van der Waals surface area contributed by atoms with Crippen molar-refractivity contribution >= 4 is 46.3 Å². The first-order valence-corrected chi connectivity index (χ1v) is 7.42. The number of amides is 2. The van der Waals surface area contributed by atoms with Crippen molar-refractivity contribution in [1.82, 2.24) is 5.32 Å². The molecule has 1 saturated heterocycles. The second kappa shape index (κ2) is 5.90. The van der Waals surface area contributed by atoms with Crippen LogP contribution in [0, 0.1) is 10.1 Å². The van der Waals surface area contributed by atoms with Crippen LogP contribution in [0.2, 0.25) is 5.02 Å². The molecule has 3 rings (SSSR count). The minimum Gasteiger partial charge on any atom is -0.456 e. The van der Waals surface area contributed by atoms with E-state index in [2.05, 4.69) is 5.32 Å². The van der Waals surface area contributed by atoms with Gasteiger partial charge in [-0.1, -0.05) is 11.6 Å². The van der Waals surface area contributed by atoms with Crippen LogP contribution in [0.25, 0.3) is 17.4 Å². The molecular formula is C14H7ClN2O5S. The van der Waals surface area contributed by atoms with Crippen LogP contribution >= 0.6 is 23.4 Å². The summed E-state index contributed by atoms with van der Waals surface area (Å²) in [6.45, 7) is 0. The second-order valence-corrected chi connectivity index (χ2v) is 5.92. The van der Waals surface area contributed by atoms with E-state index in [1.165, 1.54) is 24.3 Å². The number of rotatable bonds is 3. The molecule has 2 heterocycles. The number of imide groups is 1. The van der Waals surface area contributed by atoms with Crippen molar-refractivity contribution in [2.24, 2.45) is 0 Å². The maximum atomic E-state index is 11.5. The number of nitro groups is 1. The zero-order valence-corrected chi connectivity index (χ0v) is 12.8. The number of hydrogen-bond acceptors (Lipinski definition) is 6. The van der Waals surface area contributed by atoms with E-state index in [1.807, 2.05) is 0 Å². The highest BCUT2D eigenvalue weighted by molar-refractivity contribution is 8.18. The molecule has 2 aromatic rings.